The molecular formula is C14H16F3NO3. The smallest absolute Gasteiger partial charge is 0.418 e. The Hall–Kier alpha value is -1.76. The SMILES string of the molecule is COCC1CCN(c2ccc(C(=O)O)cc2C(F)(F)F)C1. The lowest BCUT2D eigenvalue weighted by Gasteiger charge is -2.23. The first-order valence-corrected chi connectivity index (χ1v) is 6.51. The van der Waals surface area contributed by atoms with Crippen molar-refractivity contribution in [3.05, 3.63) is 29.3 Å². The van der Waals surface area contributed by atoms with Crippen molar-refractivity contribution in [2.45, 2.75) is 12.6 Å². The number of hydrogen-bond acceptors (Lipinski definition) is 3. The average molecular weight is 303 g/mol. The van der Waals surface area contributed by atoms with Crippen LogP contribution in [0.1, 0.15) is 22.3 Å². The van der Waals surface area contributed by atoms with Crippen LogP contribution in [0.25, 0.3) is 0 Å². The molecule has 0 aliphatic carbocycles. The third-order valence-corrected chi connectivity index (χ3v) is 3.58. The summed E-state index contributed by atoms with van der Waals surface area (Å²) in [6.45, 7) is 1.48. The van der Waals surface area contributed by atoms with Gasteiger partial charge in [0.05, 0.1) is 17.7 Å². The fraction of sp³-hybridized carbons (Fsp3) is 0.500. The minimum atomic E-state index is -4.58. The van der Waals surface area contributed by atoms with Crippen LogP contribution in [-0.4, -0.2) is 37.9 Å². The van der Waals surface area contributed by atoms with Crippen LogP contribution >= 0.6 is 0 Å². The highest BCUT2D eigenvalue weighted by Crippen LogP contribution is 2.39. The van der Waals surface area contributed by atoms with Gasteiger partial charge in [-0.05, 0) is 24.6 Å². The van der Waals surface area contributed by atoms with E-state index >= 15 is 0 Å². The Kier molecular flexibility index (Phi) is 4.41. The molecule has 0 spiro atoms. The van der Waals surface area contributed by atoms with Gasteiger partial charge in [-0.15, -0.1) is 0 Å². The lowest BCUT2D eigenvalue weighted by molar-refractivity contribution is -0.137. The molecule has 1 aromatic carbocycles. The van der Waals surface area contributed by atoms with Gasteiger partial charge in [0.1, 0.15) is 0 Å². The third-order valence-electron chi connectivity index (χ3n) is 3.58. The molecular weight excluding hydrogens is 287 g/mol. The Labute approximate surface area is 120 Å². The second-order valence-electron chi connectivity index (χ2n) is 5.09. The number of aromatic carboxylic acids is 1. The number of hydrogen-bond donors (Lipinski definition) is 1. The van der Waals surface area contributed by atoms with Crippen LogP contribution in [0, 0.1) is 5.92 Å². The zero-order valence-corrected chi connectivity index (χ0v) is 11.5. The molecule has 1 aromatic rings. The summed E-state index contributed by atoms with van der Waals surface area (Å²) in [5.74, 6) is -1.18. The van der Waals surface area contributed by atoms with E-state index in [1.165, 1.54) is 12.1 Å². The molecule has 116 valence electrons. The summed E-state index contributed by atoms with van der Waals surface area (Å²) in [6, 6.07) is 3.14. The number of anilines is 1. The number of nitrogens with zero attached hydrogens (tertiary/aromatic N) is 1. The van der Waals surface area contributed by atoms with Crippen molar-refractivity contribution >= 4 is 11.7 Å². The summed E-state index contributed by atoms with van der Waals surface area (Å²) < 4.78 is 44.5. The molecule has 21 heavy (non-hydrogen) atoms. The number of halogens is 3. The second-order valence-corrected chi connectivity index (χ2v) is 5.09. The molecule has 1 aliphatic heterocycles. The number of ether oxygens (including phenoxy) is 1. The molecule has 2 rings (SSSR count). The first-order chi connectivity index (χ1) is 9.82. The van der Waals surface area contributed by atoms with E-state index in [9.17, 15) is 18.0 Å². The number of benzene rings is 1. The molecule has 1 saturated heterocycles. The fourth-order valence-electron chi connectivity index (χ4n) is 2.60. The molecule has 0 amide bonds. The van der Waals surface area contributed by atoms with Gasteiger partial charge in [-0.1, -0.05) is 0 Å². The van der Waals surface area contributed by atoms with E-state index in [4.69, 9.17) is 9.84 Å². The maximum Gasteiger partial charge on any atom is 0.418 e. The van der Waals surface area contributed by atoms with E-state index in [0.29, 0.717) is 25.8 Å². The maximum atomic E-state index is 13.1. The first kappa shape index (κ1) is 15.6. The lowest BCUT2D eigenvalue weighted by Crippen LogP contribution is -2.24. The highest BCUT2D eigenvalue weighted by atomic mass is 19.4. The quantitative estimate of drug-likeness (QED) is 0.929. The van der Waals surface area contributed by atoms with Crippen LogP contribution in [-0.2, 0) is 10.9 Å². The van der Waals surface area contributed by atoms with Crippen molar-refractivity contribution in [3.8, 4) is 0 Å². The van der Waals surface area contributed by atoms with Gasteiger partial charge in [-0.25, -0.2) is 4.79 Å². The zero-order valence-electron chi connectivity index (χ0n) is 11.5. The molecule has 4 nitrogen and oxygen atoms in total. The summed E-state index contributed by atoms with van der Waals surface area (Å²) in [5.41, 5.74) is -1.23. The van der Waals surface area contributed by atoms with Crippen molar-refractivity contribution in [1.29, 1.82) is 0 Å². The van der Waals surface area contributed by atoms with E-state index < -0.39 is 17.7 Å². The monoisotopic (exact) mass is 303 g/mol. The van der Waals surface area contributed by atoms with Crippen LogP contribution in [0.5, 0.6) is 0 Å². The van der Waals surface area contributed by atoms with Gasteiger partial charge in [0.2, 0.25) is 0 Å². The van der Waals surface area contributed by atoms with Gasteiger partial charge in [-0.3, -0.25) is 0 Å². The summed E-state index contributed by atoms with van der Waals surface area (Å²) in [7, 11) is 1.56. The minimum Gasteiger partial charge on any atom is -0.478 e. The number of rotatable bonds is 4. The molecule has 0 aromatic heterocycles. The van der Waals surface area contributed by atoms with Crippen LogP contribution in [0.4, 0.5) is 18.9 Å². The van der Waals surface area contributed by atoms with Crippen LogP contribution in [0.3, 0.4) is 0 Å². The standard InChI is InChI=1S/C14H16F3NO3/c1-21-8-9-4-5-18(7-9)12-3-2-10(13(19)20)6-11(12)14(15,16)17/h2-3,6,9H,4-5,7-8H2,1H3,(H,19,20). The molecule has 0 saturated carbocycles. The molecule has 7 heteroatoms. The molecule has 1 heterocycles. The normalized spacial score (nSPS) is 19.0. The Bertz CT molecular complexity index is 531. The van der Waals surface area contributed by atoms with E-state index in [1.807, 2.05) is 0 Å². The van der Waals surface area contributed by atoms with Gasteiger partial charge >= 0.3 is 12.1 Å². The van der Waals surface area contributed by atoms with Crippen LogP contribution in [0.15, 0.2) is 18.2 Å². The number of carbonyl (C=O) groups is 1. The Balaban J connectivity index is 2.33. The highest BCUT2D eigenvalue weighted by molar-refractivity contribution is 5.88. The average Bonchev–Trinajstić information content (AvgIpc) is 2.86. The van der Waals surface area contributed by atoms with Crippen molar-refractivity contribution in [2.75, 3.05) is 31.7 Å². The number of alkyl halides is 3. The van der Waals surface area contributed by atoms with E-state index in [-0.39, 0.29) is 17.2 Å². The van der Waals surface area contributed by atoms with Crippen molar-refractivity contribution in [2.24, 2.45) is 5.92 Å². The summed E-state index contributed by atoms with van der Waals surface area (Å²) in [5, 5.41) is 8.85. The number of carboxylic acids is 1. The van der Waals surface area contributed by atoms with Gasteiger partial charge in [0.25, 0.3) is 0 Å². The molecule has 0 bridgehead atoms. The Morgan fingerprint density at radius 3 is 2.76 bits per heavy atom. The molecule has 1 unspecified atom stereocenters. The number of methoxy groups -OCH3 is 1. The molecule has 0 radical (unpaired) electrons. The van der Waals surface area contributed by atoms with Gasteiger partial charge in [0.15, 0.2) is 0 Å². The molecule has 1 aliphatic rings. The fourth-order valence-corrected chi connectivity index (χ4v) is 2.60. The molecule has 1 fully saturated rings. The van der Waals surface area contributed by atoms with E-state index in [1.54, 1.807) is 12.0 Å². The largest absolute Gasteiger partial charge is 0.478 e. The van der Waals surface area contributed by atoms with Gasteiger partial charge < -0.3 is 14.7 Å². The van der Waals surface area contributed by atoms with Crippen LogP contribution < -0.4 is 4.90 Å². The van der Waals surface area contributed by atoms with Crippen molar-refractivity contribution < 1.29 is 27.8 Å². The third kappa shape index (κ3) is 3.47. The minimum absolute atomic E-state index is 0.0334. The summed E-state index contributed by atoms with van der Waals surface area (Å²) >= 11 is 0. The van der Waals surface area contributed by atoms with Crippen LogP contribution in [0.2, 0.25) is 0 Å². The number of carboxylic acid groups (broad SMARTS) is 1. The van der Waals surface area contributed by atoms with Gasteiger partial charge in [0, 0.05) is 31.8 Å². The van der Waals surface area contributed by atoms with Crippen molar-refractivity contribution in [3.63, 3.8) is 0 Å². The predicted molar refractivity (Wildman–Crippen MR) is 70.6 cm³/mol. The topological polar surface area (TPSA) is 49.8 Å². The van der Waals surface area contributed by atoms with Gasteiger partial charge in [-0.2, -0.15) is 13.2 Å². The molecule has 1 atom stereocenters. The summed E-state index contributed by atoms with van der Waals surface area (Å²) in [4.78, 5) is 12.5. The highest BCUT2D eigenvalue weighted by Gasteiger charge is 2.37. The first-order valence-electron chi connectivity index (χ1n) is 6.51. The molecule has 1 N–H and O–H groups in total. The van der Waals surface area contributed by atoms with E-state index in [0.717, 1.165) is 6.42 Å². The Morgan fingerprint density at radius 1 is 1.48 bits per heavy atom. The Morgan fingerprint density at radius 2 is 2.19 bits per heavy atom. The van der Waals surface area contributed by atoms with E-state index in [2.05, 4.69) is 0 Å². The predicted octanol–water partition coefficient (Wildman–Crippen LogP) is 2.88. The zero-order chi connectivity index (χ0) is 15.6. The van der Waals surface area contributed by atoms with Crippen molar-refractivity contribution in [1.82, 2.24) is 0 Å². The second kappa shape index (κ2) is 5.93. The lowest BCUT2D eigenvalue weighted by atomic mass is 10.1. The summed E-state index contributed by atoms with van der Waals surface area (Å²) in [6.07, 6.45) is -3.83. The maximum absolute atomic E-state index is 13.1.